The van der Waals surface area contributed by atoms with Crippen LogP contribution < -0.4 is 5.32 Å². The second kappa shape index (κ2) is 6.99. The highest BCUT2D eigenvalue weighted by molar-refractivity contribution is 5.93. The van der Waals surface area contributed by atoms with Crippen LogP contribution in [-0.4, -0.2) is 37.1 Å². The Morgan fingerprint density at radius 3 is 2.71 bits per heavy atom. The van der Waals surface area contributed by atoms with E-state index in [9.17, 15) is 4.79 Å². The molecule has 0 radical (unpaired) electrons. The topological polar surface area (TPSA) is 96.5 Å². The third-order valence-corrected chi connectivity index (χ3v) is 3.49. The van der Waals surface area contributed by atoms with Crippen molar-refractivity contribution in [1.29, 1.82) is 0 Å². The number of nitrogens with zero attached hydrogens (tertiary/aromatic N) is 4. The molecule has 122 valence electrons. The van der Waals surface area contributed by atoms with Crippen LogP contribution in [0.25, 0.3) is 11.4 Å². The first-order valence-electron chi connectivity index (χ1n) is 7.66. The van der Waals surface area contributed by atoms with Crippen molar-refractivity contribution in [2.75, 3.05) is 0 Å². The summed E-state index contributed by atoms with van der Waals surface area (Å²) >= 11 is 0. The Kier molecular flexibility index (Phi) is 4.60. The maximum absolute atomic E-state index is 12.3. The fourth-order valence-electron chi connectivity index (χ4n) is 2.34. The Bertz CT molecular complexity index is 813. The molecule has 1 atom stereocenters. The van der Waals surface area contributed by atoms with Gasteiger partial charge in [0.2, 0.25) is 0 Å². The zero-order valence-electron chi connectivity index (χ0n) is 13.5. The molecule has 0 aliphatic heterocycles. The van der Waals surface area contributed by atoms with Gasteiger partial charge in [-0.15, -0.1) is 0 Å². The summed E-state index contributed by atoms with van der Waals surface area (Å²) in [6, 6.07) is 5.61. The molecule has 0 aliphatic rings. The predicted octanol–water partition coefficient (Wildman–Crippen LogP) is 1.93. The molecule has 3 aromatic rings. The molecule has 24 heavy (non-hydrogen) atoms. The molecule has 0 saturated heterocycles. The first-order valence-corrected chi connectivity index (χ1v) is 7.66. The van der Waals surface area contributed by atoms with Crippen molar-refractivity contribution in [2.45, 2.75) is 26.3 Å². The minimum atomic E-state index is -0.201. The fourth-order valence-corrected chi connectivity index (χ4v) is 2.34. The molecule has 1 amide bonds. The smallest absolute Gasteiger partial charge is 0.254 e. The minimum absolute atomic E-state index is 0.0433. The van der Waals surface area contributed by atoms with Crippen LogP contribution in [0.15, 0.2) is 43.0 Å². The van der Waals surface area contributed by atoms with Gasteiger partial charge in [-0.2, -0.15) is 5.10 Å². The molecule has 3 rings (SSSR count). The number of hydrogen-bond donors (Lipinski definition) is 2. The lowest BCUT2D eigenvalue weighted by Crippen LogP contribution is -2.34. The van der Waals surface area contributed by atoms with Gasteiger partial charge in [-0.1, -0.05) is 0 Å². The van der Waals surface area contributed by atoms with E-state index in [1.165, 1.54) is 12.4 Å². The van der Waals surface area contributed by atoms with Crippen molar-refractivity contribution in [1.82, 2.24) is 30.5 Å². The van der Waals surface area contributed by atoms with Crippen molar-refractivity contribution in [3.05, 3.63) is 59.9 Å². The van der Waals surface area contributed by atoms with Crippen LogP contribution in [-0.2, 0) is 6.42 Å². The Morgan fingerprint density at radius 1 is 1.29 bits per heavy atom. The zero-order valence-corrected chi connectivity index (χ0v) is 13.5. The average Bonchev–Trinajstić information content (AvgIpc) is 3.00. The van der Waals surface area contributed by atoms with Crippen LogP contribution in [0.1, 0.15) is 28.7 Å². The first kappa shape index (κ1) is 15.8. The molecular formula is C17H18N6O. The molecule has 0 saturated carbocycles. The lowest BCUT2D eigenvalue weighted by atomic mass is 10.1. The van der Waals surface area contributed by atoms with Crippen molar-refractivity contribution in [2.24, 2.45) is 0 Å². The van der Waals surface area contributed by atoms with Gasteiger partial charge in [0.05, 0.1) is 11.3 Å². The van der Waals surface area contributed by atoms with Crippen LogP contribution in [0, 0.1) is 6.92 Å². The van der Waals surface area contributed by atoms with Gasteiger partial charge in [-0.05, 0) is 32.0 Å². The molecule has 0 aliphatic carbocycles. The Balaban J connectivity index is 1.62. The zero-order chi connectivity index (χ0) is 16.9. The summed E-state index contributed by atoms with van der Waals surface area (Å²) < 4.78 is 0. The van der Waals surface area contributed by atoms with Crippen molar-refractivity contribution in [3.63, 3.8) is 0 Å². The van der Waals surface area contributed by atoms with Gasteiger partial charge >= 0.3 is 0 Å². The molecule has 2 N–H and O–H groups in total. The number of carbonyl (C=O) groups is 1. The normalized spacial score (nSPS) is 11.9. The number of H-pyrrole nitrogens is 1. The highest BCUT2D eigenvalue weighted by Gasteiger charge is 2.13. The third kappa shape index (κ3) is 3.81. The number of hydrogen-bond acceptors (Lipinski definition) is 5. The van der Waals surface area contributed by atoms with Gasteiger partial charge in [0, 0.05) is 48.5 Å². The number of aromatic amines is 1. The standard InChI is InChI=1S/C17H18N6O/c1-11(6-15-7-12(2)22-23-15)21-17(24)14-9-19-16(20-10-14)13-4-3-5-18-8-13/h3-5,7-11H,6H2,1-2H3,(H,21,24)(H,22,23)/t11-/m0/s1. The molecule has 0 unspecified atom stereocenters. The van der Waals surface area contributed by atoms with Crippen LogP contribution in [0.4, 0.5) is 0 Å². The lowest BCUT2D eigenvalue weighted by molar-refractivity contribution is 0.0939. The van der Waals surface area contributed by atoms with Gasteiger partial charge in [-0.3, -0.25) is 14.9 Å². The Labute approximate surface area is 139 Å². The molecule has 3 heterocycles. The number of amides is 1. The Morgan fingerprint density at radius 2 is 2.08 bits per heavy atom. The first-order chi connectivity index (χ1) is 11.6. The average molecular weight is 322 g/mol. The fraction of sp³-hybridized carbons (Fsp3) is 0.235. The van der Waals surface area contributed by atoms with Gasteiger partial charge in [0.1, 0.15) is 0 Å². The highest BCUT2D eigenvalue weighted by atomic mass is 16.1. The number of aromatic nitrogens is 5. The van der Waals surface area contributed by atoms with Gasteiger partial charge < -0.3 is 5.32 Å². The number of carbonyl (C=O) groups excluding carboxylic acids is 1. The SMILES string of the molecule is Cc1cc(C[C@H](C)NC(=O)c2cnc(-c3cccnc3)nc2)n[nH]1. The van der Waals surface area contributed by atoms with E-state index in [1.54, 1.807) is 12.4 Å². The second-order valence-corrected chi connectivity index (χ2v) is 5.66. The number of pyridine rings is 1. The molecule has 0 spiro atoms. The van der Waals surface area contributed by atoms with Crippen LogP contribution >= 0.6 is 0 Å². The van der Waals surface area contributed by atoms with Crippen molar-refractivity contribution >= 4 is 5.91 Å². The quantitative estimate of drug-likeness (QED) is 0.748. The third-order valence-electron chi connectivity index (χ3n) is 3.49. The van der Waals surface area contributed by atoms with Crippen LogP contribution in [0.2, 0.25) is 0 Å². The highest BCUT2D eigenvalue weighted by Crippen LogP contribution is 2.12. The van der Waals surface area contributed by atoms with Crippen LogP contribution in [0.5, 0.6) is 0 Å². The van der Waals surface area contributed by atoms with E-state index >= 15 is 0 Å². The molecule has 0 aromatic carbocycles. The van der Waals surface area contributed by atoms with E-state index in [0.29, 0.717) is 17.8 Å². The summed E-state index contributed by atoms with van der Waals surface area (Å²) in [5, 5.41) is 9.99. The molecule has 7 nitrogen and oxygen atoms in total. The molecule has 3 aromatic heterocycles. The predicted molar refractivity (Wildman–Crippen MR) is 89.2 cm³/mol. The molecular weight excluding hydrogens is 304 g/mol. The molecule has 0 fully saturated rings. The van der Waals surface area contributed by atoms with E-state index in [1.807, 2.05) is 32.0 Å². The van der Waals surface area contributed by atoms with E-state index in [0.717, 1.165) is 17.0 Å². The summed E-state index contributed by atoms with van der Waals surface area (Å²) in [6.45, 7) is 3.88. The van der Waals surface area contributed by atoms with Gasteiger partial charge in [-0.25, -0.2) is 9.97 Å². The minimum Gasteiger partial charge on any atom is -0.349 e. The summed E-state index contributed by atoms with van der Waals surface area (Å²) in [4.78, 5) is 24.8. The monoisotopic (exact) mass is 322 g/mol. The summed E-state index contributed by atoms with van der Waals surface area (Å²) in [5.41, 5.74) is 3.16. The summed E-state index contributed by atoms with van der Waals surface area (Å²) in [5.74, 6) is 0.340. The van der Waals surface area contributed by atoms with Crippen LogP contribution in [0.3, 0.4) is 0 Å². The summed E-state index contributed by atoms with van der Waals surface area (Å²) in [6.07, 6.45) is 7.08. The largest absolute Gasteiger partial charge is 0.349 e. The van der Waals surface area contributed by atoms with E-state index in [2.05, 4.69) is 30.5 Å². The number of rotatable bonds is 5. The van der Waals surface area contributed by atoms with Crippen molar-refractivity contribution < 1.29 is 4.79 Å². The van der Waals surface area contributed by atoms with E-state index in [-0.39, 0.29) is 11.9 Å². The van der Waals surface area contributed by atoms with Crippen molar-refractivity contribution in [3.8, 4) is 11.4 Å². The summed E-state index contributed by atoms with van der Waals surface area (Å²) in [7, 11) is 0. The van der Waals surface area contributed by atoms with E-state index < -0.39 is 0 Å². The van der Waals surface area contributed by atoms with E-state index in [4.69, 9.17) is 0 Å². The number of aryl methyl sites for hydroxylation is 1. The maximum atomic E-state index is 12.3. The number of nitrogens with one attached hydrogen (secondary N) is 2. The Hall–Kier alpha value is -3.09. The van der Waals surface area contributed by atoms with Gasteiger partial charge in [0.15, 0.2) is 5.82 Å². The molecule has 0 bridgehead atoms. The second-order valence-electron chi connectivity index (χ2n) is 5.66. The molecule has 7 heteroatoms. The lowest BCUT2D eigenvalue weighted by Gasteiger charge is -2.12. The maximum Gasteiger partial charge on any atom is 0.254 e. The van der Waals surface area contributed by atoms with Gasteiger partial charge in [0.25, 0.3) is 5.91 Å².